The van der Waals surface area contributed by atoms with Crippen LogP contribution in [0.25, 0.3) is 16.6 Å². The molecule has 0 spiro atoms. The molecule has 1 aliphatic rings. The highest BCUT2D eigenvalue weighted by atomic mass is 19.1. The average molecular weight is 427 g/mol. The van der Waals surface area contributed by atoms with Crippen LogP contribution in [0.15, 0.2) is 59.7 Å². The summed E-state index contributed by atoms with van der Waals surface area (Å²) in [5.74, 6) is 0.334. The lowest BCUT2D eigenvalue weighted by Gasteiger charge is -2.28. The summed E-state index contributed by atoms with van der Waals surface area (Å²) < 4.78 is 16.1. The first-order valence-corrected chi connectivity index (χ1v) is 10.1. The Labute approximate surface area is 182 Å². The van der Waals surface area contributed by atoms with Gasteiger partial charge in [0.05, 0.1) is 17.2 Å². The van der Waals surface area contributed by atoms with Crippen molar-refractivity contribution >= 4 is 22.5 Å². The molecule has 4 aromatic rings. The summed E-state index contributed by atoms with van der Waals surface area (Å²) in [6.45, 7) is 0.599. The smallest absolute Gasteiger partial charge is 0.269 e. The third-order valence-corrected chi connectivity index (χ3v) is 5.68. The van der Waals surface area contributed by atoms with Gasteiger partial charge in [-0.2, -0.15) is 5.26 Å². The van der Waals surface area contributed by atoms with Gasteiger partial charge in [-0.05, 0) is 37.1 Å². The van der Waals surface area contributed by atoms with Gasteiger partial charge in [-0.25, -0.2) is 19.3 Å². The van der Waals surface area contributed by atoms with E-state index in [0.717, 1.165) is 6.42 Å². The minimum atomic E-state index is -0.616. The quantitative estimate of drug-likeness (QED) is 0.534. The molecule has 0 aliphatic carbocycles. The average Bonchev–Trinajstić information content (AvgIpc) is 3.29. The van der Waals surface area contributed by atoms with E-state index >= 15 is 0 Å². The Morgan fingerprint density at radius 1 is 1.12 bits per heavy atom. The summed E-state index contributed by atoms with van der Waals surface area (Å²) in [4.78, 5) is 28.4. The van der Waals surface area contributed by atoms with Crippen molar-refractivity contribution in [3.8, 4) is 11.8 Å². The van der Waals surface area contributed by atoms with Crippen molar-refractivity contribution in [2.75, 3.05) is 17.2 Å². The van der Waals surface area contributed by atoms with Crippen molar-refractivity contribution in [1.29, 1.82) is 5.26 Å². The summed E-state index contributed by atoms with van der Waals surface area (Å²) >= 11 is 0. The molecule has 0 radical (unpaired) electrons. The van der Waals surface area contributed by atoms with Crippen LogP contribution in [0.1, 0.15) is 30.3 Å². The van der Waals surface area contributed by atoms with Crippen LogP contribution in [0.5, 0.6) is 0 Å². The van der Waals surface area contributed by atoms with Crippen LogP contribution in [0, 0.1) is 17.1 Å². The normalized spacial score (nSPS) is 15.8. The van der Waals surface area contributed by atoms with E-state index in [-0.39, 0.29) is 28.3 Å². The first-order valence-electron chi connectivity index (χ1n) is 10.1. The van der Waals surface area contributed by atoms with Gasteiger partial charge in [0.25, 0.3) is 5.56 Å². The molecule has 0 amide bonds. The number of aromatic nitrogens is 4. The summed E-state index contributed by atoms with van der Waals surface area (Å²) in [7, 11) is 0. The molecule has 1 aliphatic heterocycles. The molecule has 5 rings (SSSR count). The zero-order chi connectivity index (χ0) is 22.2. The predicted octanol–water partition coefficient (Wildman–Crippen LogP) is 3.11. The molecule has 1 saturated heterocycles. The number of para-hydroxylation sites is 1. The molecule has 8 nitrogen and oxygen atoms in total. The zero-order valence-electron chi connectivity index (χ0n) is 16.9. The van der Waals surface area contributed by atoms with E-state index in [1.54, 1.807) is 18.2 Å². The molecule has 0 unspecified atom stereocenters. The molecule has 1 fully saturated rings. The van der Waals surface area contributed by atoms with Gasteiger partial charge in [0.1, 0.15) is 40.8 Å². The number of nitrogen functional groups attached to an aromatic ring is 1. The fraction of sp³-hybridized carbons (Fsp3) is 0.174. The number of anilines is 2. The number of nitrogens with zero attached hydrogens (tertiary/aromatic N) is 6. The Bertz CT molecular complexity index is 1430. The van der Waals surface area contributed by atoms with Crippen LogP contribution < -0.4 is 16.2 Å². The van der Waals surface area contributed by atoms with Crippen molar-refractivity contribution in [3.63, 3.8) is 0 Å². The maximum atomic E-state index is 14.6. The van der Waals surface area contributed by atoms with Crippen LogP contribution >= 0.6 is 0 Å². The Hall–Kier alpha value is -4.32. The summed E-state index contributed by atoms with van der Waals surface area (Å²) in [5, 5.41) is 9.55. The number of halogens is 1. The Kier molecular flexibility index (Phi) is 4.75. The topological polar surface area (TPSA) is 114 Å². The van der Waals surface area contributed by atoms with E-state index in [1.165, 1.54) is 23.0 Å². The highest BCUT2D eigenvalue weighted by Gasteiger charge is 2.34. The maximum absolute atomic E-state index is 14.6. The minimum Gasteiger partial charge on any atom is -0.382 e. The van der Waals surface area contributed by atoms with E-state index in [4.69, 9.17) is 10.7 Å². The van der Waals surface area contributed by atoms with Crippen LogP contribution in [-0.4, -0.2) is 26.1 Å². The molecule has 158 valence electrons. The molecular weight excluding hydrogens is 409 g/mol. The molecule has 2 aromatic carbocycles. The monoisotopic (exact) mass is 427 g/mol. The number of benzene rings is 2. The highest BCUT2D eigenvalue weighted by molar-refractivity contribution is 5.79. The summed E-state index contributed by atoms with van der Waals surface area (Å²) in [5.41, 5.74) is 6.47. The van der Waals surface area contributed by atoms with Crippen molar-refractivity contribution in [2.45, 2.75) is 18.9 Å². The second kappa shape index (κ2) is 7.74. The lowest BCUT2D eigenvalue weighted by Crippen LogP contribution is -2.32. The summed E-state index contributed by atoms with van der Waals surface area (Å²) in [6.07, 6.45) is 2.79. The molecule has 0 bridgehead atoms. The van der Waals surface area contributed by atoms with Gasteiger partial charge in [-0.1, -0.05) is 24.3 Å². The van der Waals surface area contributed by atoms with Crippen molar-refractivity contribution in [1.82, 2.24) is 19.5 Å². The molecule has 2 N–H and O–H groups in total. The fourth-order valence-corrected chi connectivity index (χ4v) is 4.26. The largest absolute Gasteiger partial charge is 0.382 e. The SMILES string of the molecule is N#Cc1c(N)ncnc1N1CCC[C@H]1c1nc2cccc(F)c2c(=O)n1-c1ccccc1. The number of hydrogen-bond acceptors (Lipinski definition) is 7. The Morgan fingerprint density at radius 2 is 1.94 bits per heavy atom. The number of nitrogens with two attached hydrogens (primary N) is 1. The minimum absolute atomic E-state index is 0.0614. The lowest BCUT2D eigenvalue weighted by atomic mass is 10.1. The van der Waals surface area contributed by atoms with E-state index in [2.05, 4.69) is 16.0 Å². The van der Waals surface area contributed by atoms with Crippen molar-refractivity contribution in [3.05, 3.63) is 82.4 Å². The van der Waals surface area contributed by atoms with E-state index in [1.807, 2.05) is 23.1 Å². The van der Waals surface area contributed by atoms with Crippen LogP contribution in [0.3, 0.4) is 0 Å². The van der Waals surface area contributed by atoms with Crippen LogP contribution in [0.4, 0.5) is 16.0 Å². The number of rotatable bonds is 3. The summed E-state index contributed by atoms with van der Waals surface area (Å²) in [6, 6.07) is 15.1. The predicted molar refractivity (Wildman–Crippen MR) is 118 cm³/mol. The highest BCUT2D eigenvalue weighted by Crippen LogP contribution is 2.37. The second-order valence-electron chi connectivity index (χ2n) is 7.50. The fourth-order valence-electron chi connectivity index (χ4n) is 4.26. The van der Waals surface area contributed by atoms with Crippen LogP contribution in [0.2, 0.25) is 0 Å². The van der Waals surface area contributed by atoms with E-state index in [0.29, 0.717) is 30.3 Å². The van der Waals surface area contributed by atoms with Crippen molar-refractivity contribution < 1.29 is 4.39 Å². The van der Waals surface area contributed by atoms with E-state index in [9.17, 15) is 14.4 Å². The first kappa shape index (κ1) is 19.6. The number of fused-ring (bicyclic) bond motifs is 1. The van der Waals surface area contributed by atoms with Gasteiger partial charge in [0.15, 0.2) is 5.82 Å². The lowest BCUT2D eigenvalue weighted by molar-refractivity contribution is 0.620. The van der Waals surface area contributed by atoms with Gasteiger partial charge in [0, 0.05) is 6.54 Å². The number of nitriles is 1. The van der Waals surface area contributed by atoms with Gasteiger partial charge >= 0.3 is 0 Å². The van der Waals surface area contributed by atoms with Gasteiger partial charge in [-0.15, -0.1) is 0 Å². The molecule has 0 saturated carbocycles. The third kappa shape index (κ3) is 3.04. The molecule has 1 atom stereocenters. The number of hydrogen-bond donors (Lipinski definition) is 1. The molecule has 32 heavy (non-hydrogen) atoms. The van der Waals surface area contributed by atoms with Gasteiger partial charge < -0.3 is 10.6 Å². The Morgan fingerprint density at radius 3 is 2.72 bits per heavy atom. The van der Waals surface area contributed by atoms with Gasteiger partial charge in [0.2, 0.25) is 0 Å². The molecule has 2 aromatic heterocycles. The van der Waals surface area contributed by atoms with Crippen LogP contribution in [-0.2, 0) is 0 Å². The Balaban J connectivity index is 1.78. The van der Waals surface area contributed by atoms with Gasteiger partial charge in [-0.3, -0.25) is 9.36 Å². The third-order valence-electron chi connectivity index (χ3n) is 5.68. The standard InChI is InChI=1S/C23H18FN7O/c24-16-8-4-9-17-19(16)23(32)31(14-6-2-1-3-7-14)22(29-17)18-10-5-11-30(18)21-15(12-25)20(26)27-13-28-21/h1-4,6-9,13,18H,5,10-11H2,(H2,26,27,28)/t18-/m0/s1. The zero-order valence-corrected chi connectivity index (χ0v) is 16.9. The van der Waals surface area contributed by atoms with Crippen molar-refractivity contribution in [2.24, 2.45) is 0 Å². The van der Waals surface area contributed by atoms with E-state index < -0.39 is 11.4 Å². The first-order chi connectivity index (χ1) is 15.6. The maximum Gasteiger partial charge on any atom is 0.269 e. The second-order valence-corrected chi connectivity index (χ2v) is 7.50. The molecule has 9 heteroatoms. The molecular formula is C23H18FN7O. The molecule has 3 heterocycles.